The second-order valence-corrected chi connectivity index (χ2v) is 14.8. The van der Waals surface area contributed by atoms with Gasteiger partial charge in [0.15, 0.2) is 0 Å². The molecule has 48 heavy (non-hydrogen) atoms. The monoisotopic (exact) mass is 672 g/mol. The number of fused-ring (bicyclic) bond motifs is 2. The predicted molar refractivity (Wildman–Crippen MR) is 186 cm³/mol. The second kappa shape index (κ2) is 13.8. The molecule has 3 aromatic rings. The lowest BCUT2D eigenvalue weighted by molar-refractivity contribution is -0.143. The highest BCUT2D eigenvalue weighted by atomic mass is 32.2. The normalized spacial score (nSPS) is 25.7. The van der Waals surface area contributed by atoms with Crippen molar-refractivity contribution in [3.05, 3.63) is 73.8 Å². The summed E-state index contributed by atoms with van der Waals surface area (Å²) in [5.74, 6) is -1.12. The molecule has 2 aromatic carbocycles. The minimum absolute atomic E-state index is 0.0102. The second-order valence-electron chi connectivity index (χ2n) is 12.9. The Morgan fingerprint density at radius 1 is 1.08 bits per heavy atom. The van der Waals surface area contributed by atoms with Crippen LogP contribution in [0.2, 0.25) is 0 Å². The fraction of sp³-hybridized carbons (Fsp3) is 0.472. The van der Waals surface area contributed by atoms with Gasteiger partial charge in [-0.25, -0.2) is 4.68 Å². The molecule has 6 rings (SSSR count). The third kappa shape index (κ3) is 5.68. The van der Waals surface area contributed by atoms with Crippen LogP contribution in [0.15, 0.2) is 73.8 Å². The zero-order valence-corrected chi connectivity index (χ0v) is 28.5. The van der Waals surface area contributed by atoms with E-state index in [-0.39, 0.29) is 44.1 Å². The molecule has 3 aliphatic rings. The van der Waals surface area contributed by atoms with Crippen LogP contribution in [0.3, 0.4) is 0 Å². The van der Waals surface area contributed by atoms with Crippen LogP contribution in [0.4, 0.5) is 5.69 Å². The standard InChI is InChI=1S/C36H44N6O5S/c1-5-20-39(24-42-28-13-9-8-12-27(28)37-38-42)34(46)31-36-19-18-35(4,48-36)29(30(36)33(45)41(31)22-10-11-23-43)32(44)40(21-6-2)25-14-16-26(17-15-25)47-7-3/h5-6,8-9,12-17,29-31,43H,1-2,7,10-11,18-24H2,3-4H3/t29-,30-,31?,35+,36?/m0/s1. The summed E-state index contributed by atoms with van der Waals surface area (Å²) in [5, 5.41) is 18.2. The molecule has 0 aliphatic carbocycles. The molecule has 2 unspecified atom stereocenters. The molecule has 1 aromatic heterocycles. The van der Waals surface area contributed by atoms with E-state index >= 15 is 0 Å². The van der Waals surface area contributed by atoms with Crippen molar-refractivity contribution in [3.63, 3.8) is 0 Å². The van der Waals surface area contributed by atoms with E-state index in [2.05, 4.69) is 30.4 Å². The van der Waals surface area contributed by atoms with Gasteiger partial charge in [0.2, 0.25) is 17.7 Å². The first-order valence-corrected chi connectivity index (χ1v) is 17.5. The largest absolute Gasteiger partial charge is 0.494 e. The van der Waals surface area contributed by atoms with Gasteiger partial charge in [-0.2, -0.15) is 0 Å². The van der Waals surface area contributed by atoms with Crippen LogP contribution in [0.25, 0.3) is 11.0 Å². The summed E-state index contributed by atoms with van der Waals surface area (Å²) in [6.45, 7) is 13.3. The molecule has 1 N–H and O–H groups in total. The number of amides is 3. The maximum atomic E-state index is 14.9. The summed E-state index contributed by atoms with van der Waals surface area (Å²) in [5.41, 5.74) is 2.22. The van der Waals surface area contributed by atoms with E-state index in [0.717, 1.165) is 11.0 Å². The number of aromatic nitrogens is 3. The van der Waals surface area contributed by atoms with E-state index in [1.54, 1.807) is 43.3 Å². The van der Waals surface area contributed by atoms with E-state index in [1.165, 1.54) is 0 Å². The summed E-state index contributed by atoms with van der Waals surface area (Å²) < 4.78 is 5.99. The van der Waals surface area contributed by atoms with Crippen molar-refractivity contribution >= 4 is 46.2 Å². The van der Waals surface area contributed by atoms with Crippen LogP contribution in [-0.2, 0) is 21.1 Å². The molecule has 3 saturated heterocycles. The van der Waals surface area contributed by atoms with Gasteiger partial charge in [-0.1, -0.05) is 29.5 Å². The number of hydrogen-bond donors (Lipinski definition) is 1. The average molecular weight is 673 g/mol. The lowest BCUT2D eigenvalue weighted by Crippen LogP contribution is -2.55. The molecule has 1 spiro atoms. The number of carbonyl (C=O) groups is 3. The fourth-order valence-electron chi connectivity index (χ4n) is 7.95. The van der Waals surface area contributed by atoms with Crippen molar-refractivity contribution in [1.82, 2.24) is 24.8 Å². The van der Waals surface area contributed by atoms with Crippen LogP contribution in [0, 0.1) is 11.8 Å². The highest BCUT2D eigenvalue weighted by Crippen LogP contribution is 2.71. The van der Waals surface area contributed by atoms with Gasteiger partial charge in [0, 0.05) is 36.7 Å². The topological polar surface area (TPSA) is 121 Å². The molecule has 4 heterocycles. The lowest BCUT2D eigenvalue weighted by atomic mass is 9.66. The Bertz CT molecular complexity index is 1700. The summed E-state index contributed by atoms with van der Waals surface area (Å²) in [7, 11) is 0. The Kier molecular flexibility index (Phi) is 9.67. The van der Waals surface area contributed by atoms with Gasteiger partial charge in [-0.15, -0.1) is 30.0 Å². The van der Waals surface area contributed by atoms with E-state index in [0.29, 0.717) is 50.3 Å². The number of benzene rings is 2. The summed E-state index contributed by atoms with van der Waals surface area (Å²) >= 11 is 1.64. The van der Waals surface area contributed by atoms with Crippen molar-refractivity contribution in [2.24, 2.45) is 11.8 Å². The SMILES string of the molecule is C=CCN(Cn1nnc2ccccc21)C(=O)C1N(CCCCO)C(=O)[C@@H]2[C@@H](C(=O)N(CC=C)c3ccc(OCC)cc3)[C@@]3(C)CCC12S3. The number of para-hydroxylation sites is 1. The highest BCUT2D eigenvalue weighted by molar-refractivity contribution is 8.02. The number of aliphatic hydroxyl groups is 1. The Labute approximate surface area is 285 Å². The van der Waals surface area contributed by atoms with Crippen LogP contribution in [0.1, 0.15) is 39.5 Å². The quantitative estimate of drug-likeness (QED) is 0.188. The van der Waals surface area contributed by atoms with Crippen molar-refractivity contribution in [3.8, 4) is 5.75 Å². The number of likely N-dealkylation sites (tertiary alicyclic amines) is 1. The number of hydrogen-bond acceptors (Lipinski definition) is 8. The molecule has 12 heteroatoms. The van der Waals surface area contributed by atoms with Crippen molar-refractivity contribution < 1.29 is 24.2 Å². The van der Waals surface area contributed by atoms with Crippen LogP contribution in [0.5, 0.6) is 5.75 Å². The summed E-state index contributed by atoms with van der Waals surface area (Å²) in [6.07, 6.45) is 5.75. The van der Waals surface area contributed by atoms with Gasteiger partial charge in [0.25, 0.3) is 0 Å². The van der Waals surface area contributed by atoms with Gasteiger partial charge >= 0.3 is 0 Å². The van der Waals surface area contributed by atoms with Crippen LogP contribution >= 0.6 is 11.8 Å². The molecule has 3 aliphatic heterocycles. The number of ether oxygens (including phenoxy) is 1. The van der Waals surface area contributed by atoms with Gasteiger partial charge < -0.3 is 24.5 Å². The molecule has 0 saturated carbocycles. The first-order valence-electron chi connectivity index (χ1n) is 16.7. The molecule has 3 fully saturated rings. The number of rotatable bonds is 15. The maximum Gasteiger partial charge on any atom is 0.248 e. The molecular formula is C36H44N6O5S. The minimum Gasteiger partial charge on any atom is -0.494 e. The van der Waals surface area contributed by atoms with Crippen LogP contribution in [-0.4, -0.2) is 96.0 Å². The Morgan fingerprint density at radius 2 is 1.83 bits per heavy atom. The van der Waals surface area contributed by atoms with Gasteiger partial charge in [0.05, 0.1) is 28.7 Å². The minimum atomic E-state index is -0.787. The Hall–Kier alpha value is -4.16. The van der Waals surface area contributed by atoms with Gasteiger partial charge in [0.1, 0.15) is 24.0 Å². The Balaban J connectivity index is 1.37. The van der Waals surface area contributed by atoms with Crippen molar-refractivity contribution in [2.75, 3.05) is 37.7 Å². The number of nitrogens with zero attached hydrogens (tertiary/aromatic N) is 6. The first kappa shape index (κ1) is 33.7. The third-order valence-electron chi connectivity index (χ3n) is 10.0. The average Bonchev–Trinajstić information content (AvgIpc) is 3.79. The lowest BCUT2D eigenvalue weighted by Gasteiger charge is -2.38. The van der Waals surface area contributed by atoms with E-state index in [4.69, 9.17) is 4.74 Å². The molecular weight excluding hydrogens is 629 g/mol. The summed E-state index contributed by atoms with van der Waals surface area (Å²) in [4.78, 5) is 49.4. The molecule has 254 valence electrons. The summed E-state index contributed by atoms with van der Waals surface area (Å²) in [6, 6.07) is 14.2. The van der Waals surface area contributed by atoms with Gasteiger partial charge in [-0.3, -0.25) is 14.4 Å². The van der Waals surface area contributed by atoms with Crippen molar-refractivity contribution in [1.29, 1.82) is 0 Å². The zero-order chi connectivity index (χ0) is 34.1. The number of carbonyl (C=O) groups excluding carboxylic acids is 3. The van der Waals surface area contributed by atoms with E-state index < -0.39 is 27.4 Å². The predicted octanol–water partition coefficient (Wildman–Crippen LogP) is 4.28. The first-order chi connectivity index (χ1) is 23.2. The smallest absolute Gasteiger partial charge is 0.248 e. The van der Waals surface area contributed by atoms with E-state index in [1.807, 2.05) is 55.5 Å². The molecule has 0 radical (unpaired) electrons. The van der Waals surface area contributed by atoms with Gasteiger partial charge in [-0.05, 0) is 75.9 Å². The van der Waals surface area contributed by atoms with E-state index in [9.17, 15) is 19.5 Å². The molecule has 5 atom stereocenters. The number of aliphatic hydroxyl groups excluding tert-OH is 1. The number of thioether (sulfide) groups is 1. The Morgan fingerprint density at radius 3 is 2.54 bits per heavy atom. The molecule has 11 nitrogen and oxygen atoms in total. The fourth-order valence-corrected chi connectivity index (χ4v) is 10.3. The van der Waals surface area contributed by atoms with Crippen molar-refractivity contribution in [2.45, 2.75) is 61.7 Å². The number of anilines is 1. The number of unbranched alkanes of at least 4 members (excludes halogenated alkanes) is 1. The van der Waals surface area contributed by atoms with Crippen LogP contribution < -0.4 is 9.64 Å². The maximum absolute atomic E-state index is 14.9. The highest BCUT2D eigenvalue weighted by Gasteiger charge is 2.77. The third-order valence-corrected chi connectivity index (χ3v) is 12.0. The zero-order valence-electron chi connectivity index (χ0n) is 27.7. The molecule has 2 bridgehead atoms. The molecule has 3 amide bonds.